The lowest BCUT2D eigenvalue weighted by Gasteiger charge is -2.17. The van der Waals surface area contributed by atoms with Gasteiger partial charge >= 0.3 is 0 Å². The normalized spacial score (nSPS) is 12.2. The van der Waals surface area contributed by atoms with Crippen molar-refractivity contribution < 1.29 is 14.3 Å². The van der Waals surface area contributed by atoms with Crippen molar-refractivity contribution in [3.63, 3.8) is 0 Å². The van der Waals surface area contributed by atoms with E-state index in [-0.39, 0.29) is 24.0 Å². The molecular weight excluding hydrogens is 297 g/mol. The van der Waals surface area contributed by atoms with Gasteiger partial charge < -0.3 is 10.4 Å². The first-order valence-corrected chi connectivity index (χ1v) is 6.70. The first kappa shape index (κ1) is 15.5. The number of nitrogens with zero attached hydrogens (tertiary/aromatic N) is 2. The summed E-state index contributed by atoms with van der Waals surface area (Å²) in [5, 5.41) is 16.0. The van der Waals surface area contributed by atoms with Gasteiger partial charge in [0.25, 0.3) is 0 Å². The third-order valence-electron chi connectivity index (χ3n) is 2.99. The topological polar surface area (TPSA) is 67.2 Å². The van der Waals surface area contributed by atoms with E-state index in [9.17, 15) is 14.3 Å². The molecule has 5 nitrogen and oxygen atoms in total. The van der Waals surface area contributed by atoms with Gasteiger partial charge in [0.15, 0.2) is 0 Å². The van der Waals surface area contributed by atoms with Crippen molar-refractivity contribution in [1.29, 1.82) is 0 Å². The van der Waals surface area contributed by atoms with Gasteiger partial charge in [-0.25, -0.2) is 4.39 Å². The number of carbonyl (C=O) groups is 1. The van der Waals surface area contributed by atoms with Crippen LogP contribution in [0.4, 0.5) is 4.39 Å². The molecule has 1 aromatic heterocycles. The van der Waals surface area contributed by atoms with E-state index in [1.54, 1.807) is 30.2 Å². The minimum atomic E-state index is -0.680. The standard InChI is InChI=1S/C14H15ClFN3O2/c1-19-7-9(6-17-19)4-14(21)18-13(8-20)10-2-3-11(15)12(16)5-10/h2-3,5-7,13,20H,4,8H2,1H3,(H,18,21)/t13-/m1/s1. The van der Waals surface area contributed by atoms with Gasteiger partial charge in [-0.2, -0.15) is 5.10 Å². The molecule has 0 fully saturated rings. The summed E-state index contributed by atoms with van der Waals surface area (Å²) in [6.07, 6.45) is 3.46. The van der Waals surface area contributed by atoms with Crippen LogP contribution in [0.3, 0.4) is 0 Å². The van der Waals surface area contributed by atoms with Crippen LogP contribution in [0.2, 0.25) is 5.02 Å². The maximum absolute atomic E-state index is 13.4. The molecule has 1 amide bonds. The molecule has 0 saturated carbocycles. The van der Waals surface area contributed by atoms with Crippen LogP contribution in [0.5, 0.6) is 0 Å². The first-order chi connectivity index (χ1) is 9.99. The van der Waals surface area contributed by atoms with Crippen molar-refractivity contribution in [1.82, 2.24) is 15.1 Å². The zero-order chi connectivity index (χ0) is 15.4. The third kappa shape index (κ3) is 4.03. The first-order valence-electron chi connectivity index (χ1n) is 6.32. The van der Waals surface area contributed by atoms with Gasteiger partial charge in [-0.3, -0.25) is 9.48 Å². The maximum Gasteiger partial charge on any atom is 0.225 e. The van der Waals surface area contributed by atoms with Crippen molar-refractivity contribution in [3.8, 4) is 0 Å². The van der Waals surface area contributed by atoms with Gasteiger partial charge in [0.1, 0.15) is 5.82 Å². The van der Waals surface area contributed by atoms with E-state index in [2.05, 4.69) is 10.4 Å². The highest BCUT2D eigenvalue weighted by molar-refractivity contribution is 6.30. The van der Waals surface area contributed by atoms with Gasteiger partial charge in [-0.1, -0.05) is 17.7 Å². The van der Waals surface area contributed by atoms with Crippen molar-refractivity contribution in [2.24, 2.45) is 7.05 Å². The smallest absolute Gasteiger partial charge is 0.225 e. The molecule has 0 aliphatic carbocycles. The van der Waals surface area contributed by atoms with Gasteiger partial charge in [0.05, 0.1) is 30.3 Å². The largest absolute Gasteiger partial charge is 0.394 e. The van der Waals surface area contributed by atoms with Gasteiger partial charge in [-0.15, -0.1) is 0 Å². The summed E-state index contributed by atoms with van der Waals surface area (Å²) in [4.78, 5) is 11.9. The summed E-state index contributed by atoms with van der Waals surface area (Å²) in [5.41, 5.74) is 1.22. The molecule has 0 bridgehead atoms. The number of halogens is 2. The Morgan fingerprint density at radius 1 is 1.57 bits per heavy atom. The Kier molecular flexibility index (Phi) is 4.93. The van der Waals surface area contributed by atoms with E-state index in [1.165, 1.54) is 12.1 Å². The Labute approximate surface area is 126 Å². The van der Waals surface area contributed by atoms with Gasteiger partial charge in [0.2, 0.25) is 5.91 Å². The molecule has 2 N–H and O–H groups in total. The van der Waals surface area contributed by atoms with Gasteiger partial charge in [-0.05, 0) is 23.3 Å². The third-order valence-corrected chi connectivity index (χ3v) is 3.29. The molecule has 2 rings (SSSR count). The highest BCUT2D eigenvalue weighted by Gasteiger charge is 2.16. The fourth-order valence-corrected chi connectivity index (χ4v) is 2.07. The lowest BCUT2D eigenvalue weighted by Crippen LogP contribution is -2.32. The zero-order valence-corrected chi connectivity index (χ0v) is 12.1. The average molecular weight is 312 g/mol. The number of carbonyl (C=O) groups excluding carboxylic acids is 1. The van der Waals surface area contributed by atoms with Crippen LogP contribution in [0.25, 0.3) is 0 Å². The Balaban J connectivity index is 2.04. The number of rotatable bonds is 5. The molecule has 112 valence electrons. The molecule has 21 heavy (non-hydrogen) atoms. The van der Waals surface area contributed by atoms with Crippen molar-refractivity contribution in [2.45, 2.75) is 12.5 Å². The quantitative estimate of drug-likeness (QED) is 0.881. The number of hydrogen-bond donors (Lipinski definition) is 2. The molecule has 0 unspecified atom stereocenters. The predicted octanol–water partition coefficient (Wildman–Crippen LogP) is 1.60. The van der Waals surface area contributed by atoms with Crippen molar-refractivity contribution in [3.05, 3.63) is 52.6 Å². The molecule has 0 aliphatic heterocycles. The van der Waals surface area contributed by atoms with E-state index in [4.69, 9.17) is 11.6 Å². The maximum atomic E-state index is 13.4. The van der Waals surface area contributed by atoms with Crippen LogP contribution in [-0.4, -0.2) is 27.4 Å². The highest BCUT2D eigenvalue weighted by atomic mass is 35.5. The molecule has 0 spiro atoms. The van der Waals surface area contributed by atoms with E-state index in [0.717, 1.165) is 5.56 Å². The molecule has 0 aliphatic rings. The van der Waals surface area contributed by atoms with E-state index >= 15 is 0 Å². The molecule has 7 heteroatoms. The molecule has 1 aromatic carbocycles. The minimum Gasteiger partial charge on any atom is -0.394 e. The highest BCUT2D eigenvalue weighted by Crippen LogP contribution is 2.20. The van der Waals surface area contributed by atoms with Crippen LogP contribution >= 0.6 is 11.6 Å². The Morgan fingerprint density at radius 2 is 2.33 bits per heavy atom. The van der Waals surface area contributed by atoms with Crippen LogP contribution in [0, 0.1) is 5.82 Å². The molecule has 2 aromatic rings. The number of aryl methyl sites for hydroxylation is 1. The van der Waals surface area contributed by atoms with Crippen LogP contribution in [0.15, 0.2) is 30.6 Å². The minimum absolute atomic E-state index is 0.00266. The number of hydrogen-bond acceptors (Lipinski definition) is 3. The number of nitrogens with one attached hydrogen (secondary N) is 1. The lowest BCUT2D eigenvalue weighted by molar-refractivity contribution is -0.121. The van der Waals surface area contributed by atoms with Crippen LogP contribution in [-0.2, 0) is 18.3 Å². The average Bonchev–Trinajstić information content (AvgIpc) is 2.84. The number of aliphatic hydroxyl groups excluding tert-OH is 1. The van der Waals surface area contributed by atoms with Crippen molar-refractivity contribution >= 4 is 17.5 Å². The molecule has 0 radical (unpaired) electrons. The summed E-state index contributed by atoms with van der Waals surface area (Å²) in [6, 6.07) is 3.48. The van der Waals surface area contributed by atoms with Crippen molar-refractivity contribution in [2.75, 3.05) is 6.61 Å². The monoisotopic (exact) mass is 311 g/mol. The van der Waals surface area contributed by atoms with Crippen LogP contribution < -0.4 is 5.32 Å². The summed E-state index contributed by atoms with van der Waals surface area (Å²) in [6.45, 7) is -0.333. The molecule has 0 saturated heterocycles. The Morgan fingerprint density at radius 3 is 2.90 bits per heavy atom. The molecular formula is C14H15ClFN3O2. The number of benzene rings is 1. The fraction of sp³-hybridized carbons (Fsp3) is 0.286. The second kappa shape index (κ2) is 6.69. The molecule has 1 atom stereocenters. The van der Waals surface area contributed by atoms with E-state index in [1.807, 2.05) is 0 Å². The second-order valence-electron chi connectivity index (χ2n) is 4.68. The second-order valence-corrected chi connectivity index (χ2v) is 5.08. The molecule has 1 heterocycles. The summed E-state index contributed by atoms with van der Waals surface area (Å²) >= 11 is 5.61. The predicted molar refractivity (Wildman–Crippen MR) is 76.3 cm³/mol. The Hall–Kier alpha value is -1.92. The van der Waals surface area contributed by atoms with Crippen LogP contribution in [0.1, 0.15) is 17.2 Å². The van der Waals surface area contributed by atoms with E-state index < -0.39 is 11.9 Å². The summed E-state index contributed by atoms with van der Waals surface area (Å²) in [5.74, 6) is -0.869. The fourth-order valence-electron chi connectivity index (χ4n) is 1.96. The Bertz CT molecular complexity index is 645. The lowest BCUT2D eigenvalue weighted by atomic mass is 10.1. The SMILES string of the molecule is Cn1cc(CC(=O)N[C@H](CO)c2ccc(Cl)c(F)c2)cn1. The zero-order valence-electron chi connectivity index (χ0n) is 11.4. The summed E-state index contributed by atoms with van der Waals surface area (Å²) in [7, 11) is 1.76. The summed E-state index contributed by atoms with van der Waals surface area (Å²) < 4.78 is 15.0. The van der Waals surface area contributed by atoms with E-state index in [0.29, 0.717) is 5.56 Å². The van der Waals surface area contributed by atoms with Gasteiger partial charge in [0, 0.05) is 13.2 Å². The number of aliphatic hydroxyl groups is 1. The number of aromatic nitrogens is 2. The number of amides is 1.